The molecule has 0 fully saturated rings. The number of halogens is 1. The molecule has 0 unspecified atom stereocenters. The first kappa shape index (κ1) is 18.0. The molecule has 2 heterocycles. The van der Waals surface area contributed by atoms with E-state index in [-0.39, 0.29) is 0 Å². The first-order chi connectivity index (χ1) is 13.1. The molecule has 0 radical (unpaired) electrons. The summed E-state index contributed by atoms with van der Waals surface area (Å²) in [7, 11) is 0. The summed E-state index contributed by atoms with van der Waals surface area (Å²) in [5.41, 5.74) is 4.12. The Morgan fingerprint density at radius 1 is 1.11 bits per heavy atom. The van der Waals surface area contributed by atoms with Gasteiger partial charge in [0.25, 0.3) is 0 Å². The number of thiazole rings is 1. The molecule has 0 amide bonds. The van der Waals surface area contributed by atoms with E-state index in [0.29, 0.717) is 21.8 Å². The number of nitrogens with zero attached hydrogens (tertiary/aromatic N) is 4. The van der Waals surface area contributed by atoms with Gasteiger partial charge in [0, 0.05) is 22.3 Å². The number of thioether (sulfide) groups is 1. The molecule has 0 atom stereocenters. The standard InChI is InChI=1S/C19H16ClN5S2/c1-12-6-8-13(9-7-12)18-22-14(10-26-18)11-27-19-24-23-17(25(19)21)15-4-2-3-5-16(15)20/h2-10H,11,21H2,1H3. The molecule has 0 bridgehead atoms. The Kier molecular flexibility index (Phi) is 5.15. The number of nitrogen functional groups attached to an aromatic ring is 1. The molecule has 0 spiro atoms. The van der Waals surface area contributed by atoms with Crippen LogP contribution in [-0.2, 0) is 5.75 Å². The summed E-state index contributed by atoms with van der Waals surface area (Å²) in [6.07, 6.45) is 0. The van der Waals surface area contributed by atoms with Crippen molar-refractivity contribution in [3.8, 4) is 22.0 Å². The van der Waals surface area contributed by atoms with Gasteiger partial charge in [-0.25, -0.2) is 9.66 Å². The molecule has 2 N–H and O–H groups in total. The first-order valence-corrected chi connectivity index (χ1v) is 10.5. The van der Waals surface area contributed by atoms with E-state index in [0.717, 1.165) is 21.8 Å². The number of hydrogen-bond donors (Lipinski definition) is 1. The lowest BCUT2D eigenvalue weighted by molar-refractivity contribution is 0.849. The van der Waals surface area contributed by atoms with Crippen LogP contribution < -0.4 is 5.84 Å². The van der Waals surface area contributed by atoms with Gasteiger partial charge in [0.1, 0.15) is 5.01 Å². The number of benzene rings is 2. The van der Waals surface area contributed by atoms with Crippen molar-refractivity contribution < 1.29 is 0 Å². The highest BCUT2D eigenvalue weighted by molar-refractivity contribution is 7.98. The number of aryl methyl sites for hydroxylation is 1. The first-order valence-electron chi connectivity index (χ1n) is 8.21. The number of aromatic nitrogens is 4. The summed E-state index contributed by atoms with van der Waals surface area (Å²) in [5.74, 6) is 7.38. The van der Waals surface area contributed by atoms with Gasteiger partial charge in [-0.3, -0.25) is 0 Å². The molecular formula is C19H16ClN5S2. The summed E-state index contributed by atoms with van der Waals surface area (Å²) in [6.45, 7) is 2.08. The van der Waals surface area contributed by atoms with E-state index >= 15 is 0 Å². The maximum absolute atomic E-state index is 6.23. The average Bonchev–Trinajstić information content (AvgIpc) is 3.28. The van der Waals surface area contributed by atoms with E-state index in [1.165, 1.54) is 22.0 Å². The van der Waals surface area contributed by atoms with Gasteiger partial charge >= 0.3 is 0 Å². The van der Waals surface area contributed by atoms with Crippen molar-refractivity contribution in [2.24, 2.45) is 0 Å². The van der Waals surface area contributed by atoms with Crippen LogP contribution in [0.25, 0.3) is 22.0 Å². The smallest absolute Gasteiger partial charge is 0.210 e. The van der Waals surface area contributed by atoms with Crippen molar-refractivity contribution in [1.82, 2.24) is 19.9 Å². The summed E-state index contributed by atoms with van der Waals surface area (Å²) < 4.78 is 1.47. The van der Waals surface area contributed by atoms with Gasteiger partial charge in [0.15, 0.2) is 5.82 Å². The monoisotopic (exact) mass is 413 g/mol. The van der Waals surface area contributed by atoms with Gasteiger partial charge < -0.3 is 5.84 Å². The van der Waals surface area contributed by atoms with Crippen LogP contribution in [0.4, 0.5) is 0 Å². The van der Waals surface area contributed by atoms with E-state index in [1.807, 2.05) is 18.2 Å². The van der Waals surface area contributed by atoms with E-state index in [4.69, 9.17) is 22.4 Å². The van der Waals surface area contributed by atoms with Gasteiger partial charge in [0.05, 0.1) is 10.7 Å². The highest BCUT2D eigenvalue weighted by atomic mass is 35.5. The molecule has 0 aliphatic rings. The van der Waals surface area contributed by atoms with Crippen molar-refractivity contribution in [2.45, 2.75) is 17.8 Å². The second-order valence-corrected chi connectivity index (χ2v) is 8.16. The normalized spacial score (nSPS) is 11.0. The van der Waals surface area contributed by atoms with Gasteiger partial charge in [0.2, 0.25) is 5.16 Å². The largest absolute Gasteiger partial charge is 0.335 e. The van der Waals surface area contributed by atoms with Gasteiger partial charge in [-0.15, -0.1) is 21.5 Å². The van der Waals surface area contributed by atoms with Crippen molar-refractivity contribution in [3.63, 3.8) is 0 Å². The third-order valence-electron chi connectivity index (χ3n) is 3.98. The van der Waals surface area contributed by atoms with E-state index in [9.17, 15) is 0 Å². The third kappa shape index (κ3) is 3.85. The van der Waals surface area contributed by atoms with Crippen molar-refractivity contribution in [2.75, 3.05) is 5.84 Å². The van der Waals surface area contributed by atoms with Crippen LogP contribution in [0.15, 0.2) is 59.1 Å². The summed E-state index contributed by atoms with van der Waals surface area (Å²) >= 11 is 9.37. The lowest BCUT2D eigenvalue weighted by Crippen LogP contribution is -2.11. The van der Waals surface area contributed by atoms with Gasteiger partial charge in [-0.2, -0.15) is 0 Å². The molecular weight excluding hydrogens is 398 g/mol. The summed E-state index contributed by atoms with van der Waals surface area (Å²) in [6, 6.07) is 15.8. The molecule has 2 aromatic heterocycles. The van der Waals surface area contributed by atoms with Crippen molar-refractivity contribution in [3.05, 3.63) is 70.2 Å². The maximum atomic E-state index is 6.23. The second kappa shape index (κ2) is 7.72. The maximum Gasteiger partial charge on any atom is 0.210 e. The predicted octanol–water partition coefficient (Wildman–Crippen LogP) is 5.04. The fourth-order valence-electron chi connectivity index (χ4n) is 2.54. The Labute approximate surface area is 170 Å². The highest BCUT2D eigenvalue weighted by Crippen LogP contribution is 2.30. The minimum Gasteiger partial charge on any atom is -0.335 e. The predicted molar refractivity (Wildman–Crippen MR) is 112 cm³/mol. The van der Waals surface area contributed by atoms with Gasteiger partial charge in [-0.05, 0) is 19.1 Å². The summed E-state index contributed by atoms with van der Waals surface area (Å²) in [5, 5.41) is 12.7. The minimum absolute atomic E-state index is 0.543. The third-order valence-corrected chi connectivity index (χ3v) is 6.23. The quantitative estimate of drug-likeness (QED) is 0.366. The van der Waals surface area contributed by atoms with Crippen LogP contribution in [0.3, 0.4) is 0 Å². The lowest BCUT2D eigenvalue weighted by Gasteiger charge is -2.04. The Morgan fingerprint density at radius 2 is 1.89 bits per heavy atom. The van der Waals surface area contributed by atoms with Crippen LogP contribution >= 0.6 is 34.7 Å². The van der Waals surface area contributed by atoms with Crippen LogP contribution in [0, 0.1) is 6.92 Å². The van der Waals surface area contributed by atoms with Crippen LogP contribution in [0.2, 0.25) is 5.02 Å². The molecule has 136 valence electrons. The zero-order valence-corrected chi connectivity index (χ0v) is 16.9. The van der Waals surface area contributed by atoms with E-state index in [2.05, 4.69) is 46.8 Å². The number of nitrogens with two attached hydrogens (primary N) is 1. The van der Waals surface area contributed by atoms with E-state index in [1.54, 1.807) is 17.4 Å². The van der Waals surface area contributed by atoms with Gasteiger partial charge in [-0.1, -0.05) is 65.3 Å². The zero-order valence-electron chi connectivity index (χ0n) is 14.5. The molecule has 0 aliphatic carbocycles. The molecule has 4 rings (SSSR count). The number of rotatable bonds is 5. The Balaban J connectivity index is 1.49. The lowest BCUT2D eigenvalue weighted by atomic mass is 10.2. The number of hydrogen-bond acceptors (Lipinski definition) is 6. The fourth-order valence-corrected chi connectivity index (χ4v) is 4.44. The van der Waals surface area contributed by atoms with Crippen LogP contribution in [0.1, 0.15) is 11.3 Å². The minimum atomic E-state index is 0.543. The molecule has 2 aromatic carbocycles. The SMILES string of the molecule is Cc1ccc(-c2nc(CSc3nnc(-c4ccccc4Cl)n3N)cs2)cc1. The van der Waals surface area contributed by atoms with Crippen molar-refractivity contribution >= 4 is 34.7 Å². The Bertz CT molecular complexity index is 1070. The highest BCUT2D eigenvalue weighted by Gasteiger charge is 2.15. The zero-order chi connectivity index (χ0) is 18.8. The molecule has 8 heteroatoms. The molecule has 0 aliphatic heterocycles. The van der Waals surface area contributed by atoms with Crippen LogP contribution in [-0.4, -0.2) is 19.9 Å². The Hall–Kier alpha value is -2.35. The molecule has 27 heavy (non-hydrogen) atoms. The summed E-state index contributed by atoms with van der Waals surface area (Å²) in [4.78, 5) is 4.71. The molecule has 4 aromatic rings. The molecule has 5 nitrogen and oxygen atoms in total. The average molecular weight is 414 g/mol. The fraction of sp³-hybridized carbons (Fsp3) is 0.105. The second-order valence-electron chi connectivity index (χ2n) is 5.95. The topological polar surface area (TPSA) is 69.6 Å². The Morgan fingerprint density at radius 3 is 2.67 bits per heavy atom. The van der Waals surface area contributed by atoms with E-state index < -0.39 is 0 Å². The molecule has 0 saturated heterocycles. The van der Waals surface area contributed by atoms with Crippen LogP contribution in [0.5, 0.6) is 0 Å². The molecule has 0 saturated carbocycles. The van der Waals surface area contributed by atoms with Crippen molar-refractivity contribution in [1.29, 1.82) is 0 Å².